The maximum Gasteiger partial charge on any atom is 0.292 e. The Hall–Kier alpha value is -1.70. The molecule has 0 aliphatic heterocycles. The van der Waals surface area contributed by atoms with E-state index in [-0.39, 0.29) is 5.91 Å². The summed E-state index contributed by atoms with van der Waals surface area (Å²) in [6.45, 7) is 0. The van der Waals surface area contributed by atoms with Crippen LogP contribution in [0.1, 0.15) is 16.1 Å². The van der Waals surface area contributed by atoms with E-state index in [1.54, 1.807) is 24.1 Å². The van der Waals surface area contributed by atoms with Gasteiger partial charge in [-0.05, 0) is 28.2 Å². The summed E-state index contributed by atoms with van der Waals surface area (Å²) < 4.78 is 2.39. The number of rotatable bonds is 3. The highest BCUT2D eigenvalue weighted by Gasteiger charge is 2.12. The third-order valence-electron chi connectivity index (χ3n) is 2.18. The first-order valence-electron chi connectivity index (χ1n) is 5.24. The highest BCUT2D eigenvalue weighted by atomic mass is 127. The lowest BCUT2D eigenvalue weighted by molar-refractivity contribution is 0.0948. The summed E-state index contributed by atoms with van der Waals surface area (Å²) >= 11 is 2.06. The van der Waals surface area contributed by atoms with Crippen molar-refractivity contribution in [2.75, 3.05) is 0 Å². The summed E-state index contributed by atoms with van der Waals surface area (Å²) in [6.07, 6.45) is 3.37. The van der Waals surface area contributed by atoms with Gasteiger partial charge in [0.25, 0.3) is 5.91 Å². The minimum Gasteiger partial charge on any atom is -0.274 e. The van der Waals surface area contributed by atoms with Crippen molar-refractivity contribution in [3.05, 3.63) is 51.4 Å². The summed E-state index contributed by atoms with van der Waals surface area (Å²) in [5.41, 5.74) is 3.75. The lowest BCUT2D eigenvalue weighted by Crippen LogP contribution is -2.19. The molecule has 0 radical (unpaired) electrons. The Labute approximate surface area is 118 Å². The summed E-state index contributed by atoms with van der Waals surface area (Å²) in [4.78, 5) is 11.8. The Bertz CT molecular complexity index is 577. The molecule has 1 N–H and O–H groups in total. The zero-order valence-electron chi connectivity index (χ0n) is 9.67. The Balaban J connectivity index is 2.01. The van der Waals surface area contributed by atoms with Crippen LogP contribution in [0.15, 0.2) is 41.6 Å². The maximum absolute atomic E-state index is 11.8. The van der Waals surface area contributed by atoms with Crippen LogP contribution >= 0.6 is 22.6 Å². The number of carbonyl (C=O) groups is 1. The molecule has 0 spiro atoms. The van der Waals surface area contributed by atoms with Crippen LogP contribution in [0.25, 0.3) is 0 Å². The standard InChI is InChI=1S/C12H11IN4O/c1-17-8-10(13)11(16-17)12(18)15-14-7-9-5-3-2-4-6-9/h2-8H,1H3,(H,15,18)/b14-7+. The van der Waals surface area contributed by atoms with E-state index in [2.05, 4.69) is 38.2 Å². The smallest absolute Gasteiger partial charge is 0.274 e. The van der Waals surface area contributed by atoms with E-state index in [4.69, 9.17) is 0 Å². The van der Waals surface area contributed by atoms with Crippen LogP contribution in [-0.4, -0.2) is 21.9 Å². The fourth-order valence-electron chi connectivity index (χ4n) is 1.37. The first-order chi connectivity index (χ1) is 8.66. The Morgan fingerprint density at radius 2 is 2.17 bits per heavy atom. The number of nitrogens with one attached hydrogen (secondary N) is 1. The van der Waals surface area contributed by atoms with E-state index >= 15 is 0 Å². The van der Waals surface area contributed by atoms with Gasteiger partial charge in [0.05, 0.1) is 9.78 Å². The molecule has 5 nitrogen and oxygen atoms in total. The fourth-order valence-corrected chi connectivity index (χ4v) is 2.13. The molecule has 2 aromatic rings. The van der Waals surface area contributed by atoms with Gasteiger partial charge in [0.2, 0.25) is 0 Å². The molecular weight excluding hydrogens is 343 g/mol. The number of aromatic nitrogens is 2. The molecule has 1 amide bonds. The summed E-state index contributed by atoms with van der Waals surface area (Å²) in [7, 11) is 1.77. The van der Waals surface area contributed by atoms with Gasteiger partial charge in [-0.25, -0.2) is 5.43 Å². The van der Waals surface area contributed by atoms with E-state index in [9.17, 15) is 4.79 Å². The molecule has 18 heavy (non-hydrogen) atoms. The van der Waals surface area contributed by atoms with Crippen LogP contribution in [0, 0.1) is 3.57 Å². The van der Waals surface area contributed by atoms with Crippen LogP contribution in [0.5, 0.6) is 0 Å². The molecule has 92 valence electrons. The predicted octanol–water partition coefficient (Wildman–Crippen LogP) is 1.79. The lowest BCUT2D eigenvalue weighted by atomic mass is 10.2. The second-order valence-corrected chi connectivity index (χ2v) is 4.77. The second kappa shape index (κ2) is 5.76. The Kier molecular flexibility index (Phi) is 4.08. The topological polar surface area (TPSA) is 59.3 Å². The second-order valence-electron chi connectivity index (χ2n) is 3.61. The van der Waals surface area contributed by atoms with Gasteiger partial charge in [0.15, 0.2) is 5.69 Å². The Morgan fingerprint density at radius 1 is 1.44 bits per heavy atom. The van der Waals surface area contributed by atoms with E-state index in [1.807, 2.05) is 30.3 Å². The van der Waals surface area contributed by atoms with Crippen molar-refractivity contribution in [3.63, 3.8) is 0 Å². The maximum atomic E-state index is 11.8. The number of carbonyl (C=O) groups excluding carboxylic acids is 1. The minimum atomic E-state index is -0.313. The molecule has 1 heterocycles. The van der Waals surface area contributed by atoms with Crippen molar-refractivity contribution in [1.29, 1.82) is 0 Å². The first kappa shape index (κ1) is 12.7. The van der Waals surface area contributed by atoms with Gasteiger partial charge < -0.3 is 0 Å². The van der Waals surface area contributed by atoms with Gasteiger partial charge in [-0.2, -0.15) is 10.2 Å². The number of halogens is 1. The number of aryl methyl sites for hydroxylation is 1. The molecule has 0 saturated heterocycles. The van der Waals surface area contributed by atoms with Gasteiger partial charge in [-0.3, -0.25) is 9.48 Å². The monoisotopic (exact) mass is 354 g/mol. The van der Waals surface area contributed by atoms with Crippen molar-refractivity contribution < 1.29 is 4.79 Å². The van der Waals surface area contributed by atoms with E-state index < -0.39 is 0 Å². The van der Waals surface area contributed by atoms with Crippen LogP contribution in [-0.2, 0) is 7.05 Å². The number of nitrogens with zero attached hydrogens (tertiary/aromatic N) is 3. The van der Waals surface area contributed by atoms with Gasteiger partial charge >= 0.3 is 0 Å². The molecule has 0 fully saturated rings. The number of hydrogen-bond acceptors (Lipinski definition) is 3. The SMILES string of the molecule is Cn1cc(I)c(C(=O)N/N=C/c2ccccc2)n1. The van der Waals surface area contributed by atoms with Crippen LogP contribution in [0.2, 0.25) is 0 Å². The molecule has 0 unspecified atom stereocenters. The van der Waals surface area contributed by atoms with Crippen molar-refractivity contribution in [1.82, 2.24) is 15.2 Å². The highest BCUT2D eigenvalue weighted by molar-refractivity contribution is 14.1. The number of hydrogen-bond donors (Lipinski definition) is 1. The first-order valence-corrected chi connectivity index (χ1v) is 6.32. The third kappa shape index (κ3) is 3.16. The number of hydrazone groups is 1. The Morgan fingerprint density at radius 3 is 2.78 bits per heavy atom. The largest absolute Gasteiger partial charge is 0.292 e. The van der Waals surface area contributed by atoms with E-state index in [1.165, 1.54) is 0 Å². The average Bonchev–Trinajstić information content (AvgIpc) is 2.70. The molecule has 0 aliphatic rings. The summed E-state index contributed by atoms with van der Waals surface area (Å²) in [5.74, 6) is -0.313. The normalized spacial score (nSPS) is 10.8. The van der Waals surface area contributed by atoms with Crippen LogP contribution < -0.4 is 5.43 Å². The fraction of sp³-hybridized carbons (Fsp3) is 0.0833. The predicted molar refractivity (Wildman–Crippen MR) is 77.4 cm³/mol. The van der Waals surface area contributed by atoms with E-state index in [0.717, 1.165) is 9.13 Å². The zero-order chi connectivity index (χ0) is 13.0. The number of benzene rings is 1. The summed E-state index contributed by atoms with van der Waals surface area (Å²) in [5, 5.41) is 7.95. The van der Waals surface area contributed by atoms with Crippen LogP contribution in [0.4, 0.5) is 0 Å². The van der Waals surface area contributed by atoms with Crippen LogP contribution in [0.3, 0.4) is 0 Å². The van der Waals surface area contributed by atoms with Crippen molar-refractivity contribution in [2.45, 2.75) is 0 Å². The highest BCUT2D eigenvalue weighted by Crippen LogP contribution is 2.08. The van der Waals surface area contributed by atoms with Crippen molar-refractivity contribution in [3.8, 4) is 0 Å². The van der Waals surface area contributed by atoms with Gasteiger partial charge in [0.1, 0.15) is 0 Å². The van der Waals surface area contributed by atoms with Gasteiger partial charge in [-0.1, -0.05) is 30.3 Å². The van der Waals surface area contributed by atoms with Gasteiger partial charge in [-0.15, -0.1) is 0 Å². The molecule has 0 aliphatic carbocycles. The third-order valence-corrected chi connectivity index (χ3v) is 2.97. The summed E-state index contributed by atoms with van der Waals surface area (Å²) in [6, 6.07) is 9.54. The van der Waals surface area contributed by atoms with Crippen molar-refractivity contribution in [2.24, 2.45) is 12.1 Å². The van der Waals surface area contributed by atoms with Gasteiger partial charge in [0, 0.05) is 13.2 Å². The molecular formula is C12H11IN4O. The van der Waals surface area contributed by atoms with Crippen molar-refractivity contribution >= 4 is 34.7 Å². The van der Waals surface area contributed by atoms with E-state index in [0.29, 0.717) is 5.69 Å². The molecule has 2 rings (SSSR count). The lowest BCUT2D eigenvalue weighted by Gasteiger charge is -1.96. The molecule has 1 aromatic heterocycles. The number of amides is 1. The minimum absolute atomic E-state index is 0.313. The quantitative estimate of drug-likeness (QED) is 0.519. The molecule has 0 bridgehead atoms. The molecule has 0 atom stereocenters. The molecule has 0 saturated carbocycles. The average molecular weight is 354 g/mol. The molecule has 6 heteroatoms. The zero-order valence-corrected chi connectivity index (χ0v) is 11.8. The molecule has 1 aromatic carbocycles.